The van der Waals surface area contributed by atoms with Crippen molar-refractivity contribution in [1.29, 1.82) is 0 Å². The Hall–Kier alpha value is -4.34. The molecule has 2 N–H and O–H groups in total. The van der Waals surface area contributed by atoms with Gasteiger partial charge in [-0.1, -0.05) is 12.1 Å². The smallest absolute Gasteiger partial charge is 0.272 e. The zero-order chi connectivity index (χ0) is 24.0. The van der Waals surface area contributed by atoms with Crippen LogP contribution < -0.4 is 10.9 Å². The Morgan fingerprint density at radius 3 is 2.62 bits per heavy atom. The van der Waals surface area contributed by atoms with Crippen molar-refractivity contribution in [3.8, 4) is 22.4 Å². The van der Waals surface area contributed by atoms with Gasteiger partial charge in [-0.2, -0.15) is 10.2 Å². The average molecular weight is 457 g/mol. The van der Waals surface area contributed by atoms with E-state index in [1.807, 2.05) is 58.2 Å². The predicted molar refractivity (Wildman–Crippen MR) is 127 cm³/mol. The summed E-state index contributed by atoms with van der Waals surface area (Å²) in [5.41, 5.74) is 4.61. The van der Waals surface area contributed by atoms with Gasteiger partial charge in [-0.15, -0.1) is 0 Å². The number of aryl methyl sites for hydroxylation is 1. The molecule has 0 unspecified atom stereocenters. The lowest BCUT2D eigenvalue weighted by Gasteiger charge is -2.20. The molecule has 0 aliphatic carbocycles. The summed E-state index contributed by atoms with van der Waals surface area (Å²) in [5, 5.41) is 23.0. The van der Waals surface area contributed by atoms with Crippen LogP contribution in [0.5, 0.6) is 0 Å². The first-order valence-electron chi connectivity index (χ1n) is 10.8. The molecule has 0 atom stereocenters. The standard InChI is InChI=1S/C24H23N7O3/c1-24(2,3)26-21(32)11-19-16-9-13(5-7-15(16)23(33)28-27-19)17-12-25-31(4)22(17)14-6-8-18-20(10-14)30-34-29-18/h5-10,12H,11H2,1-4H3,(H,26,32)(H,28,33). The number of carbonyl (C=O) groups excluding carboxylic acids is 1. The highest BCUT2D eigenvalue weighted by Gasteiger charge is 2.19. The van der Waals surface area contributed by atoms with Crippen LogP contribution in [0.25, 0.3) is 44.2 Å². The summed E-state index contributed by atoms with van der Waals surface area (Å²) in [6.45, 7) is 5.74. The zero-order valence-electron chi connectivity index (χ0n) is 19.2. The van der Waals surface area contributed by atoms with Gasteiger partial charge in [0.05, 0.1) is 29.4 Å². The molecular weight excluding hydrogens is 434 g/mol. The predicted octanol–water partition coefficient (Wildman–Crippen LogP) is 2.98. The molecule has 5 aromatic rings. The number of aromatic amines is 1. The average Bonchev–Trinajstić information content (AvgIpc) is 3.40. The summed E-state index contributed by atoms with van der Waals surface area (Å²) >= 11 is 0. The molecule has 0 bridgehead atoms. The first kappa shape index (κ1) is 21.5. The van der Waals surface area contributed by atoms with E-state index in [-0.39, 0.29) is 23.4 Å². The van der Waals surface area contributed by atoms with Crippen LogP contribution in [0.1, 0.15) is 26.5 Å². The molecule has 0 saturated heterocycles. The Morgan fingerprint density at radius 1 is 1.06 bits per heavy atom. The number of carbonyl (C=O) groups is 1. The molecule has 1 amide bonds. The van der Waals surface area contributed by atoms with Crippen molar-refractivity contribution in [3.63, 3.8) is 0 Å². The normalized spacial score (nSPS) is 11.9. The molecule has 172 valence electrons. The van der Waals surface area contributed by atoms with E-state index in [9.17, 15) is 9.59 Å². The van der Waals surface area contributed by atoms with Crippen molar-refractivity contribution in [3.05, 3.63) is 58.6 Å². The number of amides is 1. The van der Waals surface area contributed by atoms with Gasteiger partial charge < -0.3 is 5.32 Å². The molecule has 0 spiro atoms. The minimum absolute atomic E-state index is 0.0454. The maximum absolute atomic E-state index is 12.6. The molecule has 0 radical (unpaired) electrons. The van der Waals surface area contributed by atoms with Crippen molar-refractivity contribution < 1.29 is 9.42 Å². The number of fused-ring (bicyclic) bond motifs is 2. The van der Waals surface area contributed by atoms with Crippen LogP contribution in [0, 0.1) is 0 Å². The van der Waals surface area contributed by atoms with Gasteiger partial charge >= 0.3 is 0 Å². The Labute approximate surface area is 193 Å². The lowest BCUT2D eigenvalue weighted by atomic mass is 9.98. The van der Waals surface area contributed by atoms with E-state index in [0.717, 1.165) is 22.4 Å². The molecule has 0 saturated carbocycles. The second-order valence-electron chi connectivity index (χ2n) is 9.23. The van der Waals surface area contributed by atoms with E-state index in [4.69, 9.17) is 4.63 Å². The number of H-pyrrole nitrogens is 1. The van der Waals surface area contributed by atoms with E-state index in [1.165, 1.54) is 0 Å². The van der Waals surface area contributed by atoms with E-state index in [1.54, 1.807) is 16.9 Å². The molecule has 0 fully saturated rings. The molecule has 10 heteroatoms. The lowest BCUT2D eigenvalue weighted by Crippen LogP contribution is -2.41. The summed E-state index contributed by atoms with van der Waals surface area (Å²) in [4.78, 5) is 25.0. The largest absolute Gasteiger partial charge is 0.351 e. The van der Waals surface area contributed by atoms with Gasteiger partial charge in [-0.25, -0.2) is 9.73 Å². The van der Waals surface area contributed by atoms with Crippen LogP contribution in [-0.2, 0) is 18.3 Å². The van der Waals surface area contributed by atoms with Gasteiger partial charge in [0.1, 0.15) is 11.0 Å². The number of aromatic nitrogens is 6. The van der Waals surface area contributed by atoms with Crippen molar-refractivity contribution in [2.45, 2.75) is 32.7 Å². The highest BCUT2D eigenvalue weighted by Crippen LogP contribution is 2.34. The second kappa shape index (κ2) is 7.91. The third kappa shape index (κ3) is 3.94. The Morgan fingerprint density at radius 2 is 1.82 bits per heavy atom. The summed E-state index contributed by atoms with van der Waals surface area (Å²) in [6.07, 6.45) is 1.82. The highest BCUT2D eigenvalue weighted by molar-refractivity contribution is 5.94. The SMILES string of the molecule is Cn1ncc(-c2ccc3c(=O)[nH]nc(CC(=O)NC(C)(C)C)c3c2)c1-c1ccc2nonc2c1. The molecule has 3 heterocycles. The molecule has 0 aliphatic rings. The first-order chi connectivity index (χ1) is 16.2. The van der Waals surface area contributed by atoms with Crippen LogP contribution in [0.15, 0.2) is 52.0 Å². The maximum atomic E-state index is 12.6. The van der Waals surface area contributed by atoms with Gasteiger partial charge in [0.15, 0.2) is 0 Å². The van der Waals surface area contributed by atoms with E-state index >= 15 is 0 Å². The first-order valence-corrected chi connectivity index (χ1v) is 10.8. The minimum atomic E-state index is -0.370. The Balaban J connectivity index is 1.62. The number of benzene rings is 2. The molecule has 10 nitrogen and oxygen atoms in total. The fourth-order valence-electron chi connectivity index (χ4n) is 4.06. The van der Waals surface area contributed by atoms with Crippen LogP contribution >= 0.6 is 0 Å². The number of nitrogens with one attached hydrogen (secondary N) is 2. The fraction of sp³-hybridized carbons (Fsp3) is 0.250. The maximum Gasteiger partial charge on any atom is 0.272 e. The van der Waals surface area contributed by atoms with Gasteiger partial charge in [0.25, 0.3) is 5.56 Å². The van der Waals surface area contributed by atoms with Crippen LogP contribution in [0.3, 0.4) is 0 Å². The van der Waals surface area contributed by atoms with Crippen LogP contribution in [-0.4, -0.2) is 41.7 Å². The topological polar surface area (TPSA) is 132 Å². The van der Waals surface area contributed by atoms with Crippen molar-refractivity contribution in [1.82, 2.24) is 35.6 Å². The third-order valence-electron chi connectivity index (χ3n) is 5.49. The third-order valence-corrected chi connectivity index (χ3v) is 5.49. The molecule has 0 aliphatic heterocycles. The van der Waals surface area contributed by atoms with Crippen LogP contribution in [0.4, 0.5) is 0 Å². The molecule has 5 rings (SSSR count). The molecule has 34 heavy (non-hydrogen) atoms. The van der Waals surface area contributed by atoms with Gasteiger partial charge in [0.2, 0.25) is 5.91 Å². The van der Waals surface area contributed by atoms with Gasteiger partial charge in [0, 0.05) is 29.1 Å². The van der Waals surface area contributed by atoms with E-state index in [0.29, 0.717) is 27.5 Å². The van der Waals surface area contributed by atoms with E-state index in [2.05, 4.69) is 30.9 Å². The summed E-state index contributed by atoms with van der Waals surface area (Å²) in [6, 6.07) is 11.2. The second-order valence-corrected chi connectivity index (χ2v) is 9.23. The summed E-state index contributed by atoms with van der Waals surface area (Å²) in [7, 11) is 1.86. The number of hydrogen-bond donors (Lipinski definition) is 2. The van der Waals surface area contributed by atoms with E-state index < -0.39 is 0 Å². The number of rotatable bonds is 4. The monoisotopic (exact) mass is 457 g/mol. The summed E-state index contributed by atoms with van der Waals surface area (Å²) < 4.78 is 6.60. The quantitative estimate of drug-likeness (QED) is 0.424. The molecule has 2 aromatic carbocycles. The van der Waals surface area contributed by atoms with Crippen molar-refractivity contribution in [2.75, 3.05) is 0 Å². The fourth-order valence-corrected chi connectivity index (χ4v) is 4.06. The Bertz CT molecular complexity index is 1600. The van der Waals surface area contributed by atoms with Crippen molar-refractivity contribution in [2.24, 2.45) is 7.05 Å². The Kier molecular flexibility index (Phi) is 5.00. The van der Waals surface area contributed by atoms with Crippen molar-refractivity contribution >= 4 is 27.7 Å². The minimum Gasteiger partial charge on any atom is -0.351 e. The number of nitrogens with zero attached hydrogens (tertiary/aromatic N) is 5. The molecule has 3 aromatic heterocycles. The molecular formula is C24H23N7O3. The zero-order valence-corrected chi connectivity index (χ0v) is 19.2. The number of hydrogen-bond acceptors (Lipinski definition) is 7. The highest BCUT2D eigenvalue weighted by atomic mass is 16.6. The lowest BCUT2D eigenvalue weighted by molar-refractivity contribution is -0.121. The van der Waals surface area contributed by atoms with Gasteiger partial charge in [-0.3, -0.25) is 14.3 Å². The van der Waals surface area contributed by atoms with Gasteiger partial charge in [-0.05, 0) is 60.9 Å². The summed E-state index contributed by atoms with van der Waals surface area (Å²) in [5.74, 6) is -0.171. The van der Waals surface area contributed by atoms with Crippen LogP contribution in [0.2, 0.25) is 0 Å².